The first kappa shape index (κ1) is 24.6. The Morgan fingerprint density at radius 3 is 2.39 bits per heavy atom. The third-order valence-corrected chi connectivity index (χ3v) is 5.45. The van der Waals surface area contributed by atoms with Gasteiger partial charge in [-0.3, -0.25) is 9.59 Å². The minimum atomic E-state index is -0.323. The number of hydrogen-bond donors (Lipinski definition) is 0. The lowest BCUT2D eigenvalue weighted by Crippen LogP contribution is -2.43. The molecule has 2 aromatic carbocycles. The van der Waals surface area contributed by atoms with Gasteiger partial charge in [0.05, 0.1) is 18.4 Å². The van der Waals surface area contributed by atoms with E-state index in [0.717, 1.165) is 11.1 Å². The maximum absolute atomic E-state index is 13.4. The van der Waals surface area contributed by atoms with Crippen molar-refractivity contribution >= 4 is 17.5 Å². The van der Waals surface area contributed by atoms with E-state index >= 15 is 0 Å². The summed E-state index contributed by atoms with van der Waals surface area (Å²) in [6, 6.07) is 15.5. The minimum Gasteiger partial charge on any atom is -0.383 e. The highest BCUT2D eigenvalue weighted by Crippen LogP contribution is 2.33. The van der Waals surface area contributed by atoms with Gasteiger partial charge in [-0.15, -0.1) is 0 Å². The maximum atomic E-state index is 13.4. The van der Waals surface area contributed by atoms with Gasteiger partial charge in [-0.1, -0.05) is 63.2 Å². The fraction of sp³-hybridized carbons (Fsp3) is 0.423. The number of nitrogens with zero attached hydrogens (tertiary/aromatic N) is 3. The van der Waals surface area contributed by atoms with Crippen LogP contribution in [0.2, 0.25) is 0 Å². The molecule has 7 heteroatoms. The second kappa shape index (κ2) is 10.7. The summed E-state index contributed by atoms with van der Waals surface area (Å²) in [5.74, 6) is -0.679. The van der Waals surface area contributed by atoms with E-state index in [0.29, 0.717) is 31.7 Å². The van der Waals surface area contributed by atoms with E-state index < -0.39 is 0 Å². The second-order valence-electron chi connectivity index (χ2n) is 9.47. The maximum Gasteiger partial charge on any atom is 0.262 e. The van der Waals surface area contributed by atoms with Crippen molar-refractivity contribution in [3.63, 3.8) is 0 Å². The summed E-state index contributed by atoms with van der Waals surface area (Å²) in [6.45, 7) is 6.57. The molecule has 1 aliphatic rings. The minimum absolute atomic E-state index is 0.0815. The van der Waals surface area contributed by atoms with Crippen LogP contribution in [0.5, 0.6) is 0 Å². The number of carbonyl (C=O) groups is 2. The quantitative estimate of drug-likeness (QED) is 0.595. The van der Waals surface area contributed by atoms with Gasteiger partial charge in [-0.05, 0) is 28.7 Å². The molecule has 0 saturated carbocycles. The van der Waals surface area contributed by atoms with E-state index in [4.69, 9.17) is 4.74 Å². The molecule has 33 heavy (non-hydrogen) atoms. The summed E-state index contributed by atoms with van der Waals surface area (Å²) in [7, 11) is 1.57. The summed E-state index contributed by atoms with van der Waals surface area (Å²) >= 11 is 0. The van der Waals surface area contributed by atoms with Crippen LogP contribution in [0.3, 0.4) is 0 Å². The molecule has 0 aromatic heterocycles. The summed E-state index contributed by atoms with van der Waals surface area (Å²) in [6.07, 6.45) is 0.839. The lowest BCUT2D eigenvalue weighted by atomic mass is 9.91. The Kier molecular flexibility index (Phi) is 7.97. The van der Waals surface area contributed by atoms with Gasteiger partial charge in [-0.25, -0.2) is 9.40 Å². The van der Waals surface area contributed by atoms with E-state index in [1.54, 1.807) is 24.1 Å². The highest BCUT2D eigenvalue weighted by Gasteiger charge is 2.34. The van der Waals surface area contributed by atoms with Gasteiger partial charge in [0.1, 0.15) is 12.4 Å². The number of rotatable bonds is 8. The number of hydrazone groups is 1. The van der Waals surface area contributed by atoms with Crippen molar-refractivity contribution in [3.05, 3.63) is 71.5 Å². The lowest BCUT2D eigenvalue weighted by Gasteiger charge is -2.29. The number of ether oxygens (including phenoxy) is 1. The molecular formula is C26H32FN3O3. The van der Waals surface area contributed by atoms with Crippen molar-refractivity contribution in [3.8, 4) is 0 Å². The van der Waals surface area contributed by atoms with Gasteiger partial charge in [0.2, 0.25) is 5.91 Å². The monoisotopic (exact) mass is 453 g/mol. The normalized spacial score (nSPS) is 16.0. The second-order valence-corrected chi connectivity index (χ2v) is 9.47. The van der Waals surface area contributed by atoms with Crippen molar-refractivity contribution in [2.45, 2.75) is 39.7 Å². The Balaban J connectivity index is 1.86. The number of hydrogen-bond acceptors (Lipinski definition) is 4. The predicted octanol–water partition coefficient (Wildman–Crippen LogP) is 4.41. The van der Waals surface area contributed by atoms with Gasteiger partial charge in [-0.2, -0.15) is 5.10 Å². The van der Waals surface area contributed by atoms with Crippen LogP contribution < -0.4 is 0 Å². The molecule has 1 atom stereocenters. The molecule has 2 amide bonds. The molecule has 0 saturated heterocycles. The molecule has 1 unspecified atom stereocenters. The largest absolute Gasteiger partial charge is 0.383 e. The molecule has 0 fully saturated rings. The molecular weight excluding hydrogens is 421 g/mol. The fourth-order valence-electron chi connectivity index (χ4n) is 3.79. The van der Waals surface area contributed by atoms with Crippen molar-refractivity contribution in [1.82, 2.24) is 9.91 Å². The van der Waals surface area contributed by atoms with Crippen molar-refractivity contribution in [2.75, 3.05) is 26.8 Å². The van der Waals surface area contributed by atoms with Crippen LogP contribution in [0, 0.1) is 11.2 Å². The van der Waals surface area contributed by atoms with E-state index in [1.165, 1.54) is 17.1 Å². The van der Waals surface area contributed by atoms with Crippen molar-refractivity contribution in [2.24, 2.45) is 10.5 Å². The Bertz CT molecular complexity index is 984. The number of amides is 2. The molecule has 1 heterocycles. The van der Waals surface area contributed by atoms with Gasteiger partial charge in [0.25, 0.3) is 5.91 Å². The zero-order valence-electron chi connectivity index (χ0n) is 19.8. The van der Waals surface area contributed by atoms with Crippen LogP contribution in [-0.4, -0.2) is 54.2 Å². The van der Waals surface area contributed by atoms with Crippen molar-refractivity contribution < 1.29 is 18.7 Å². The molecule has 176 valence electrons. The molecule has 2 aromatic rings. The first-order valence-electron chi connectivity index (χ1n) is 11.1. The molecule has 0 N–H and O–H groups in total. The number of benzene rings is 2. The van der Waals surface area contributed by atoms with Crippen LogP contribution in [0.4, 0.5) is 4.39 Å². The van der Waals surface area contributed by atoms with E-state index in [2.05, 4.69) is 5.10 Å². The van der Waals surface area contributed by atoms with Gasteiger partial charge >= 0.3 is 0 Å². The summed E-state index contributed by atoms with van der Waals surface area (Å²) < 4.78 is 18.6. The highest BCUT2D eigenvalue weighted by molar-refractivity contribution is 6.03. The molecule has 3 rings (SSSR count). The van der Waals surface area contributed by atoms with Crippen LogP contribution in [0.25, 0.3) is 0 Å². The average molecular weight is 454 g/mol. The standard InChI is InChI=1S/C26H32FN3O3/c1-26(2,3)17-24(31)29(14-15-33-4)18-25(32)30-23(20-8-6-5-7-9-20)16-22(28-30)19-10-12-21(27)13-11-19/h5-13,23H,14-18H2,1-4H3. The Morgan fingerprint density at radius 2 is 1.79 bits per heavy atom. The summed E-state index contributed by atoms with van der Waals surface area (Å²) in [5.41, 5.74) is 2.24. The smallest absolute Gasteiger partial charge is 0.262 e. The van der Waals surface area contributed by atoms with E-state index in [1.807, 2.05) is 51.1 Å². The topological polar surface area (TPSA) is 62.2 Å². The molecule has 1 aliphatic heterocycles. The highest BCUT2D eigenvalue weighted by atomic mass is 19.1. The van der Waals surface area contributed by atoms with Gasteiger partial charge in [0.15, 0.2) is 0 Å². The molecule has 6 nitrogen and oxygen atoms in total. The Morgan fingerprint density at radius 1 is 1.12 bits per heavy atom. The van der Waals surface area contributed by atoms with Crippen LogP contribution in [0.1, 0.15) is 50.8 Å². The summed E-state index contributed by atoms with van der Waals surface area (Å²) in [5, 5.41) is 6.09. The fourth-order valence-corrected chi connectivity index (χ4v) is 3.79. The van der Waals surface area contributed by atoms with Crippen LogP contribution >= 0.6 is 0 Å². The molecule has 0 bridgehead atoms. The third-order valence-electron chi connectivity index (χ3n) is 5.45. The number of halogens is 1. The van der Waals surface area contributed by atoms with Crippen molar-refractivity contribution in [1.29, 1.82) is 0 Å². The average Bonchev–Trinajstić information content (AvgIpc) is 3.22. The lowest BCUT2D eigenvalue weighted by molar-refractivity contribution is -0.143. The van der Waals surface area contributed by atoms with Gasteiger partial charge in [0, 0.05) is 26.5 Å². The Labute approximate surface area is 195 Å². The molecule has 0 spiro atoms. The zero-order valence-corrected chi connectivity index (χ0v) is 19.8. The van der Waals surface area contributed by atoms with Gasteiger partial charge < -0.3 is 9.64 Å². The molecule has 0 aliphatic carbocycles. The van der Waals surface area contributed by atoms with E-state index in [-0.39, 0.29) is 35.6 Å². The number of carbonyl (C=O) groups excluding carboxylic acids is 2. The van der Waals surface area contributed by atoms with E-state index in [9.17, 15) is 14.0 Å². The van der Waals surface area contributed by atoms with Crippen LogP contribution in [0.15, 0.2) is 59.7 Å². The zero-order chi connectivity index (χ0) is 24.0. The Hall–Kier alpha value is -3.06. The first-order valence-corrected chi connectivity index (χ1v) is 11.1. The first-order chi connectivity index (χ1) is 15.7. The molecule has 0 radical (unpaired) electrons. The SMILES string of the molecule is COCCN(CC(=O)N1N=C(c2ccc(F)cc2)CC1c1ccccc1)C(=O)CC(C)(C)C. The predicted molar refractivity (Wildman–Crippen MR) is 126 cm³/mol. The summed E-state index contributed by atoms with van der Waals surface area (Å²) in [4.78, 5) is 27.9. The number of methoxy groups -OCH3 is 1. The third kappa shape index (κ3) is 6.71. The van der Waals surface area contributed by atoms with Crippen LogP contribution in [-0.2, 0) is 14.3 Å².